The summed E-state index contributed by atoms with van der Waals surface area (Å²) in [5, 5.41) is 6.38. The van der Waals surface area contributed by atoms with Gasteiger partial charge in [0.25, 0.3) is 0 Å². The third-order valence-corrected chi connectivity index (χ3v) is 2.99. The Balaban J connectivity index is 2.53. The van der Waals surface area contributed by atoms with Crippen LogP contribution in [0.5, 0.6) is 0 Å². The average molecular weight is 251 g/mol. The standard InChI is InChI=1S/C14H22FN3/c1-10(2)11(3)18-14(16-4)17-9-12-7-5-6-8-13(12)15/h5-8,10-11H,9H2,1-4H3,(H2,16,17,18). The van der Waals surface area contributed by atoms with Gasteiger partial charge in [0.15, 0.2) is 5.96 Å². The van der Waals surface area contributed by atoms with Crippen LogP contribution in [0.1, 0.15) is 26.3 Å². The molecule has 0 spiro atoms. The Kier molecular flexibility index (Phi) is 5.62. The van der Waals surface area contributed by atoms with Gasteiger partial charge in [-0.2, -0.15) is 0 Å². The molecule has 0 aliphatic heterocycles. The normalized spacial score (nSPS) is 13.6. The molecule has 0 fully saturated rings. The molecule has 0 bridgehead atoms. The molecule has 0 amide bonds. The molecule has 1 rings (SSSR count). The van der Waals surface area contributed by atoms with E-state index in [1.807, 2.05) is 6.07 Å². The summed E-state index contributed by atoms with van der Waals surface area (Å²) in [5.41, 5.74) is 0.637. The number of aliphatic imine (C=N–C) groups is 1. The molecule has 100 valence electrons. The molecular formula is C14H22FN3. The van der Waals surface area contributed by atoms with Gasteiger partial charge in [-0.15, -0.1) is 0 Å². The molecule has 0 heterocycles. The van der Waals surface area contributed by atoms with Gasteiger partial charge in [0.05, 0.1) is 0 Å². The second-order valence-electron chi connectivity index (χ2n) is 4.69. The first kappa shape index (κ1) is 14.5. The lowest BCUT2D eigenvalue weighted by Crippen LogP contribution is -2.43. The van der Waals surface area contributed by atoms with Crippen LogP contribution in [0.4, 0.5) is 4.39 Å². The summed E-state index contributed by atoms with van der Waals surface area (Å²) >= 11 is 0. The van der Waals surface area contributed by atoms with Gasteiger partial charge >= 0.3 is 0 Å². The maximum atomic E-state index is 13.4. The maximum Gasteiger partial charge on any atom is 0.191 e. The molecule has 1 unspecified atom stereocenters. The smallest absolute Gasteiger partial charge is 0.191 e. The third-order valence-electron chi connectivity index (χ3n) is 2.99. The summed E-state index contributed by atoms with van der Waals surface area (Å²) in [6, 6.07) is 7.06. The Hall–Kier alpha value is -1.58. The fourth-order valence-corrected chi connectivity index (χ4v) is 1.40. The fraction of sp³-hybridized carbons (Fsp3) is 0.500. The molecule has 2 N–H and O–H groups in total. The molecule has 0 aliphatic carbocycles. The topological polar surface area (TPSA) is 36.4 Å². The third kappa shape index (κ3) is 4.35. The van der Waals surface area contributed by atoms with E-state index >= 15 is 0 Å². The number of rotatable bonds is 4. The summed E-state index contributed by atoms with van der Waals surface area (Å²) in [6.45, 7) is 6.81. The van der Waals surface area contributed by atoms with Crippen molar-refractivity contribution in [3.05, 3.63) is 35.6 Å². The molecule has 0 aliphatic rings. The average Bonchev–Trinajstić information content (AvgIpc) is 2.35. The summed E-state index contributed by atoms with van der Waals surface area (Å²) < 4.78 is 13.4. The monoisotopic (exact) mass is 251 g/mol. The lowest BCUT2D eigenvalue weighted by Gasteiger charge is -2.20. The molecule has 1 aromatic rings. The Labute approximate surface area is 109 Å². The van der Waals surface area contributed by atoms with Gasteiger partial charge in [-0.05, 0) is 18.9 Å². The van der Waals surface area contributed by atoms with Crippen LogP contribution in [0.15, 0.2) is 29.3 Å². The molecule has 3 nitrogen and oxygen atoms in total. The molecule has 4 heteroatoms. The zero-order valence-corrected chi connectivity index (χ0v) is 11.5. The van der Waals surface area contributed by atoms with E-state index in [0.29, 0.717) is 30.0 Å². The predicted molar refractivity (Wildman–Crippen MR) is 74.0 cm³/mol. The first-order valence-corrected chi connectivity index (χ1v) is 6.25. The predicted octanol–water partition coefficient (Wildman–Crippen LogP) is 2.54. The summed E-state index contributed by atoms with van der Waals surface area (Å²) in [7, 11) is 1.71. The highest BCUT2D eigenvalue weighted by Gasteiger charge is 2.09. The van der Waals surface area contributed by atoms with Crippen LogP contribution in [0.2, 0.25) is 0 Å². The molecular weight excluding hydrogens is 229 g/mol. The molecule has 1 aromatic carbocycles. The highest BCUT2D eigenvalue weighted by atomic mass is 19.1. The minimum Gasteiger partial charge on any atom is -0.354 e. The van der Waals surface area contributed by atoms with Crippen LogP contribution >= 0.6 is 0 Å². The lowest BCUT2D eigenvalue weighted by molar-refractivity contribution is 0.480. The van der Waals surface area contributed by atoms with Gasteiger partial charge in [0.1, 0.15) is 5.82 Å². The first-order valence-electron chi connectivity index (χ1n) is 6.25. The van der Waals surface area contributed by atoms with Crippen molar-refractivity contribution in [3.63, 3.8) is 0 Å². The minimum atomic E-state index is -0.197. The second-order valence-corrected chi connectivity index (χ2v) is 4.69. The van der Waals surface area contributed by atoms with Crippen molar-refractivity contribution >= 4 is 5.96 Å². The molecule has 1 atom stereocenters. The zero-order chi connectivity index (χ0) is 13.5. The molecule has 18 heavy (non-hydrogen) atoms. The van der Waals surface area contributed by atoms with E-state index in [0.717, 1.165) is 0 Å². The molecule has 0 saturated heterocycles. The van der Waals surface area contributed by atoms with Crippen molar-refractivity contribution in [2.75, 3.05) is 7.05 Å². The Morgan fingerprint density at radius 1 is 1.28 bits per heavy atom. The van der Waals surface area contributed by atoms with Crippen LogP contribution in [0, 0.1) is 11.7 Å². The maximum absolute atomic E-state index is 13.4. The quantitative estimate of drug-likeness (QED) is 0.637. The van der Waals surface area contributed by atoms with Crippen molar-refractivity contribution in [2.24, 2.45) is 10.9 Å². The molecule has 0 saturated carbocycles. The summed E-state index contributed by atoms with van der Waals surface area (Å²) in [4.78, 5) is 4.13. The largest absolute Gasteiger partial charge is 0.354 e. The highest BCUT2D eigenvalue weighted by Crippen LogP contribution is 2.05. The highest BCUT2D eigenvalue weighted by molar-refractivity contribution is 5.79. The van der Waals surface area contributed by atoms with Crippen molar-refractivity contribution in [1.29, 1.82) is 0 Å². The van der Waals surface area contributed by atoms with E-state index in [9.17, 15) is 4.39 Å². The van der Waals surface area contributed by atoms with Gasteiger partial charge < -0.3 is 10.6 Å². The second kappa shape index (κ2) is 6.99. The molecule has 0 radical (unpaired) electrons. The number of hydrogen-bond acceptors (Lipinski definition) is 1. The van der Waals surface area contributed by atoms with Gasteiger partial charge in [-0.1, -0.05) is 32.0 Å². The SMILES string of the molecule is CN=C(NCc1ccccc1F)NC(C)C(C)C. The Morgan fingerprint density at radius 3 is 2.50 bits per heavy atom. The first-order chi connectivity index (χ1) is 8.54. The van der Waals surface area contributed by atoms with Crippen molar-refractivity contribution in [3.8, 4) is 0 Å². The Morgan fingerprint density at radius 2 is 1.94 bits per heavy atom. The number of nitrogens with one attached hydrogen (secondary N) is 2. The van der Waals surface area contributed by atoms with Gasteiger partial charge in [0.2, 0.25) is 0 Å². The summed E-state index contributed by atoms with van der Waals surface area (Å²) in [5.74, 6) is 1.01. The van der Waals surface area contributed by atoms with E-state index in [-0.39, 0.29) is 5.82 Å². The van der Waals surface area contributed by atoms with E-state index < -0.39 is 0 Å². The fourth-order valence-electron chi connectivity index (χ4n) is 1.40. The number of benzene rings is 1. The van der Waals surface area contributed by atoms with Crippen molar-refractivity contribution in [1.82, 2.24) is 10.6 Å². The van der Waals surface area contributed by atoms with E-state index in [4.69, 9.17) is 0 Å². The number of hydrogen-bond donors (Lipinski definition) is 2. The lowest BCUT2D eigenvalue weighted by atomic mass is 10.1. The van der Waals surface area contributed by atoms with Crippen LogP contribution in [-0.2, 0) is 6.54 Å². The van der Waals surface area contributed by atoms with Crippen molar-refractivity contribution in [2.45, 2.75) is 33.4 Å². The van der Waals surface area contributed by atoms with Crippen LogP contribution < -0.4 is 10.6 Å². The van der Waals surface area contributed by atoms with Crippen LogP contribution in [0.25, 0.3) is 0 Å². The number of nitrogens with zero attached hydrogens (tertiary/aromatic N) is 1. The minimum absolute atomic E-state index is 0.197. The van der Waals surface area contributed by atoms with E-state index in [1.54, 1.807) is 19.2 Å². The van der Waals surface area contributed by atoms with Crippen molar-refractivity contribution < 1.29 is 4.39 Å². The number of halogens is 1. The Bertz CT molecular complexity index is 402. The van der Waals surface area contributed by atoms with Gasteiger partial charge in [-0.3, -0.25) is 4.99 Å². The number of guanidine groups is 1. The van der Waals surface area contributed by atoms with E-state index in [2.05, 4.69) is 36.4 Å². The molecule has 0 aromatic heterocycles. The van der Waals surface area contributed by atoms with Gasteiger partial charge in [-0.25, -0.2) is 4.39 Å². The van der Waals surface area contributed by atoms with Crippen LogP contribution in [-0.4, -0.2) is 19.0 Å². The van der Waals surface area contributed by atoms with Crippen LogP contribution in [0.3, 0.4) is 0 Å². The summed E-state index contributed by atoms with van der Waals surface area (Å²) in [6.07, 6.45) is 0. The zero-order valence-electron chi connectivity index (χ0n) is 11.5. The van der Waals surface area contributed by atoms with E-state index in [1.165, 1.54) is 6.07 Å². The van der Waals surface area contributed by atoms with Gasteiger partial charge in [0, 0.05) is 25.2 Å².